The van der Waals surface area contributed by atoms with Crippen molar-refractivity contribution in [3.63, 3.8) is 0 Å². The van der Waals surface area contributed by atoms with Crippen molar-refractivity contribution in [2.75, 3.05) is 0 Å². The summed E-state index contributed by atoms with van der Waals surface area (Å²) >= 11 is 0. The molecule has 3 amide bonds. The zero-order chi connectivity index (χ0) is 19.2. The van der Waals surface area contributed by atoms with E-state index in [1.165, 1.54) is 0 Å². The molecule has 27 heavy (non-hydrogen) atoms. The first-order valence-corrected chi connectivity index (χ1v) is 9.09. The number of rotatable bonds is 3. The van der Waals surface area contributed by atoms with Crippen LogP contribution in [0.1, 0.15) is 36.1 Å². The molecule has 1 aromatic carbocycles. The number of aryl methyl sites for hydroxylation is 2. The Morgan fingerprint density at radius 1 is 1.22 bits per heavy atom. The van der Waals surface area contributed by atoms with E-state index in [9.17, 15) is 19.5 Å². The smallest absolute Gasteiger partial charge is 0.405 e. The zero-order valence-electron chi connectivity index (χ0n) is 15.0. The molecule has 1 fully saturated rings. The highest BCUT2D eigenvalue weighted by Gasteiger charge is 2.44. The summed E-state index contributed by atoms with van der Waals surface area (Å²) in [6.07, 6.45) is 1.44. The van der Waals surface area contributed by atoms with E-state index >= 15 is 0 Å². The molecule has 2 aromatic rings. The molecule has 8 heteroatoms. The number of hydrogen-bond donors (Lipinski definition) is 5. The quantitative estimate of drug-likeness (QED) is 0.526. The standard InChI is InChI=1S/C19H22N4O4/c1-10-2-5-12-13-9-19(21-18(26)27,7-6-14(13)20-15(12)8-10)17(25)23-22-16(24)11-3-4-11/h2,5,8,11,20-21H,3-4,6-7,9H2,1H3,(H,22,24)(H,23,25)(H,26,27). The molecule has 2 aliphatic carbocycles. The van der Waals surface area contributed by atoms with E-state index in [1.54, 1.807) is 0 Å². The van der Waals surface area contributed by atoms with E-state index in [2.05, 4.69) is 21.2 Å². The number of carbonyl (C=O) groups excluding carboxylic acids is 2. The summed E-state index contributed by atoms with van der Waals surface area (Å²) in [5, 5.41) is 12.7. The minimum Gasteiger partial charge on any atom is -0.465 e. The molecule has 0 radical (unpaired) electrons. The second-order valence-corrected chi connectivity index (χ2v) is 7.54. The summed E-state index contributed by atoms with van der Waals surface area (Å²) in [5.74, 6) is -0.817. The van der Waals surface area contributed by atoms with Gasteiger partial charge in [0.25, 0.3) is 5.91 Å². The largest absolute Gasteiger partial charge is 0.465 e. The lowest BCUT2D eigenvalue weighted by Crippen LogP contribution is -2.63. The SMILES string of the molecule is Cc1ccc2c3c([nH]c2c1)CCC(NC(=O)O)(C(=O)NNC(=O)C1CC1)C3. The summed E-state index contributed by atoms with van der Waals surface area (Å²) in [7, 11) is 0. The Kier molecular flexibility index (Phi) is 4.05. The molecule has 1 aromatic heterocycles. The number of hydrazine groups is 1. The van der Waals surface area contributed by atoms with Crippen LogP contribution in [0.15, 0.2) is 18.2 Å². The van der Waals surface area contributed by atoms with E-state index in [0.29, 0.717) is 12.8 Å². The lowest BCUT2D eigenvalue weighted by atomic mass is 9.79. The minimum absolute atomic E-state index is 0.0523. The number of amides is 3. The van der Waals surface area contributed by atoms with Crippen LogP contribution in [-0.4, -0.2) is 33.5 Å². The van der Waals surface area contributed by atoms with Gasteiger partial charge in [-0.05, 0) is 49.8 Å². The van der Waals surface area contributed by atoms with E-state index in [-0.39, 0.29) is 18.2 Å². The number of aromatic nitrogens is 1. The normalized spacial score (nSPS) is 21.4. The molecular weight excluding hydrogens is 348 g/mol. The van der Waals surface area contributed by atoms with Gasteiger partial charge in [-0.25, -0.2) is 4.79 Å². The average Bonchev–Trinajstić information content (AvgIpc) is 3.41. The Labute approximate surface area is 155 Å². The zero-order valence-corrected chi connectivity index (χ0v) is 15.0. The molecule has 5 N–H and O–H groups in total. The van der Waals surface area contributed by atoms with E-state index in [0.717, 1.165) is 40.6 Å². The summed E-state index contributed by atoms with van der Waals surface area (Å²) in [5.41, 5.74) is 7.59. The fraction of sp³-hybridized carbons (Fsp3) is 0.421. The van der Waals surface area contributed by atoms with Gasteiger partial charge in [-0.3, -0.25) is 20.4 Å². The van der Waals surface area contributed by atoms with Crippen molar-refractivity contribution >= 4 is 28.8 Å². The molecular formula is C19H22N4O4. The Morgan fingerprint density at radius 2 is 2.00 bits per heavy atom. The molecule has 0 aliphatic heterocycles. The third-order valence-corrected chi connectivity index (χ3v) is 5.46. The number of hydrogen-bond acceptors (Lipinski definition) is 3. The molecule has 1 saturated carbocycles. The number of carbonyl (C=O) groups is 3. The van der Waals surface area contributed by atoms with Crippen molar-refractivity contribution in [2.24, 2.45) is 5.92 Å². The van der Waals surface area contributed by atoms with Crippen LogP contribution in [0.2, 0.25) is 0 Å². The Hall–Kier alpha value is -3.03. The van der Waals surface area contributed by atoms with E-state index < -0.39 is 17.5 Å². The summed E-state index contributed by atoms with van der Waals surface area (Å²) < 4.78 is 0. The lowest BCUT2D eigenvalue weighted by Gasteiger charge is -2.35. The predicted molar refractivity (Wildman–Crippen MR) is 98.0 cm³/mol. The van der Waals surface area contributed by atoms with Gasteiger partial charge < -0.3 is 15.4 Å². The number of nitrogens with one attached hydrogen (secondary N) is 4. The molecule has 1 heterocycles. The first kappa shape index (κ1) is 17.4. The number of benzene rings is 1. The number of fused-ring (bicyclic) bond motifs is 3. The van der Waals surface area contributed by atoms with E-state index in [1.807, 2.05) is 25.1 Å². The number of aromatic amines is 1. The van der Waals surface area contributed by atoms with Crippen LogP contribution in [0, 0.1) is 12.8 Å². The van der Waals surface area contributed by atoms with Gasteiger partial charge >= 0.3 is 6.09 Å². The highest BCUT2D eigenvalue weighted by atomic mass is 16.4. The third-order valence-electron chi connectivity index (χ3n) is 5.46. The van der Waals surface area contributed by atoms with Gasteiger partial charge in [0.05, 0.1) is 0 Å². The lowest BCUT2D eigenvalue weighted by molar-refractivity contribution is -0.133. The van der Waals surface area contributed by atoms with Crippen LogP contribution in [0.4, 0.5) is 4.79 Å². The fourth-order valence-electron chi connectivity index (χ4n) is 3.82. The van der Waals surface area contributed by atoms with E-state index in [4.69, 9.17) is 0 Å². The summed E-state index contributed by atoms with van der Waals surface area (Å²) in [6, 6.07) is 6.02. The molecule has 8 nitrogen and oxygen atoms in total. The van der Waals surface area contributed by atoms with Crippen LogP contribution in [-0.2, 0) is 22.4 Å². The monoisotopic (exact) mass is 370 g/mol. The maximum atomic E-state index is 12.9. The molecule has 0 saturated heterocycles. The van der Waals surface area contributed by atoms with Gasteiger partial charge in [0.2, 0.25) is 5.91 Å². The topological polar surface area (TPSA) is 123 Å². The van der Waals surface area contributed by atoms with Crippen molar-refractivity contribution in [2.45, 2.75) is 44.6 Å². The van der Waals surface area contributed by atoms with Crippen molar-refractivity contribution in [1.29, 1.82) is 0 Å². The Morgan fingerprint density at radius 3 is 2.70 bits per heavy atom. The highest BCUT2D eigenvalue weighted by molar-refractivity contribution is 5.94. The molecule has 0 spiro atoms. The maximum absolute atomic E-state index is 12.9. The van der Waals surface area contributed by atoms with Crippen molar-refractivity contribution in [3.8, 4) is 0 Å². The van der Waals surface area contributed by atoms with Gasteiger partial charge in [-0.2, -0.15) is 0 Å². The van der Waals surface area contributed by atoms with Crippen LogP contribution < -0.4 is 16.2 Å². The van der Waals surface area contributed by atoms with Gasteiger partial charge in [-0.1, -0.05) is 12.1 Å². The van der Waals surface area contributed by atoms with Crippen LogP contribution in [0.25, 0.3) is 10.9 Å². The minimum atomic E-state index is -1.32. The summed E-state index contributed by atoms with van der Waals surface area (Å²) in [4.78, 5) is 39.5. The van der Waals surface area contributed by atoms with Gasteiger partial charge in [-0.15, -0.1) is 0 Å². The molecule has 1 unspecified atom stereocenters. The summed E-state index contributed by atoms with van der Waals surface area (Å²) in [6.45, 7) is 2.01. The molecule has 1 atom stereocenters. The first-order chi connectivity index (χ1) is 12.9. The third kappa shape index (κ3) is 3.22. The van der Waals surface area contributed by atoms with Gasteiger partial charge in [0.15, 0.2) is 0 Å². The van der Waals surface area contributed by atoms with Crippen LogP contribution in [0.3, 0.4) is 0 Å². The van der Waals surface area contributed by atoms with Crippen LogP contribution >= 0.6 is 0 Å². The second-order valence-electron chi connectivity index (χ2n) is 7.54. The fourth-order valence-corrected chi connectivity index (χ4v) is 3.82. The average molecular weight is 370 g/mol. The Bertz CT molecular complexity index is 947. The maximum Gasteiger partial charge on any atom is 0.405 e. The molecule has 0 bridgehead atoms. The van der Waals surface area contributed by atoms with Crippen LogP contribution in [0.5, 0.6) is 0 Å². The highest BCUT2D eigenvalue weighted by Crippen LogP contribution is 2.34. The number of H-pyrrole nitrogens is 1. The van der Waals surface area contributed by atoms with Crippen molar-refractivity contribution < 1.29 is 19.5 Å². The van der Waals surface area contributed by atoms with Crippen molar-refractivity contribution in [1.82, 2.24) is 21.2 Å². The van der Waals surface area contributed by atoms with Crippen molar-refractivity contribution in [3.05, 3.63) is 35.0 Å². The molecule has 142 valence electrons. The Balaban J connectivity index is 1.62. The second kappa shape index (κ2) is 6.29. The number of carboxylic acid groups (broad SMARTS) is 1. The molecule has 2 aliphatic rings. The van der Waals surface area contributed by atoms with Gasteiger partial charge in [0.1, 0.15) is 5.54 Å². The predicted octanol–water partition coefficient (Wildman–Crippen LogP) is 1.53. The molecule has 4 rings (SSSR count). The first-order valence-electron chi connectivity index (χ1n) is 9.09. The van der Waals surface area contributed by atoms with Gasteiger partial charge in [0, 0.05) is 28.9 Å².